The highest BCUT2D eigenvalue weighted by atomic mass is 35.5. The van der Waals surface area contributed by atoms with E-state index in [2.05, 4.69) is 23.8 Å². The van der Waals surface area contributed by atoms with E-state index in [1.54, 1.807) is 24.3 Å². The zero-order valence-electron chi connectivity index (χ0n) is 17.5. The Morgan fingerprint density at radius 2 is 1.87 bits per heavy atom. The number of fused-ring (bicyclic) bond motifs is 1. The van der Waals surface area contributed by atoms with Crippen LogP contribution in [-0.2, 0) is 13.1 Å². The maximum atomic E-state index is 13.2. The fraction of sp³-hybridized carbons (Fsp3) is 0.250. The van der Waals surface area contributed by atoms with Gasteiger partial charge in [0.2, 0.25) is 0 Å². The summed E-state index contributed by atoms with van der Waals surface area (Å²) in [6.07, 6.45) is 0. The molecule has 0 aliphatic rings. The summed E-state index contributed by atoms with van der Waals surface area (Å²) >= 11 is 6.10. The molecular formula is C24H24ClFN4O. The van der Waals surface area contributed by atoms with E-state index in [-0.39, 0.29) is 11.4 Å². The smallest absolute Gasteiger partial charge is 0.272 e. The summed E-state index contributed by atoms with van der Waals surface area (Å²) in [6, 6.07) is 17.4. The van der Waals surface area contributed by atoms with Gasteiger partial charge in [-0.3, -0.25) is 14.8 Å². The molecule has 1 N–H and O–H groups in total. The van der Waals surface area contributed by atoms with Gasteiger partial charge in [-0.05, 0) is 35.7 Å². The summed E-state index contributed by atoms with van der Waals surface area (Å²) in [5.74, 6) is 0.189. The van der Waals surface area contributed by atoms with Crippen molar-refractivity contribution in [1.82, 2.24) is 19.5 Å². The van der Waals surface area contributed by atoms with E-state index in [4.69, 9.17) is 16.6 Å². The van der Waals surface area contributed by atoms with Crippen LogP contribution < -0.4 is 5.56 Å². The molecule has 0 aliphatic heterocycles. The molecule has 0 unspecified atom stereocenters. The second kappa shape index (κ2) is 9.04. The molecule has 0 amide bonds. The van der Waals surface area contributed by atoms with E-state index in [0.717, 1.165) is 23.4 Å². The second-order valence-corrected chi connectivity index (χ2v) is 8.59. The van der Waals surface area contributed by atoms with Crippen LogP contribution in [0.3, 0.4) is 0 Å². The second-order valence-electron chi connectivity index (χ2n) is 8.15. The van der Waals surface area contributed by atoms with Gasteiger partial charge in [0, 0.05) is 42.4 Å². The van der Waals surface area contributed by atoms with Gasteiger partial charge in [-0.25, -0.2) is 13.9 Å². The van der Waals surface area contributed by atoms with Gasteiger partial charge in [0.05, 0.1) is 11.4 Å². The van der Waals surface area contributed by atoms with Gasteiger partial charge in [-0.15, -0.1) is 0 Å². The predicted molar refractivity (Wildman–Crippen MR) is 122 cm³/mol. The summed E-state index contributed by atoms with van der Waals surface area (Å²) in [4.78, 5) is 19.6. The number of nitrogens with one attached hydrogen (secondary N) is 1. The molecule has 0 spiro atoms. The minimum atomic E-state index is -0.248. The molecule has 4 rings (SSSR count). The maximum absolute atomic E-state index is 13.2. The third-order valence-electron chi connectivity index (χ3n) is 4.97. The molecule has 2 heterocycles. The summed E-state index contributed by atoms with van der Waals surface area (Å²) in [5.41, 5.74) is 3.77. The Hall–Kier alpha value is -2.96. The highest BCUT2D eigenvalue weighted by Gasteiger charge is 2.13. The molecule has 31 heavy (non-hydrogen) atoms. The van der Waals surface area contributed by atoms with Gasteiger partial charge >= 0.3 is 0 Å². The standard InChI is InChI=1S/C24H24ClFN4O/c1-16(2)13-29(14-17-6-8-20(26)9-7-17)15-21-11-24(31)30-23(27-21)12-22(28-30)18-4-3-5-19(25)10-18/h3-12,16,28H,13-15H2,1-2H3. The number of rotatable bonds is 7. The van der Waals surface area contributed by atoms with Crippen LogP contribution in [0.1, 0.15) is 25.1 Å². The van der Waals surface area contributed by atoms with Crippen LogP contribution in [0.25, 0.3) is 16.9 Å². The Bertz CT molecular complexity index is 1250. The van der Waals surface area contributed by atoms with Crippen LogP contribution in [-0.4, -0.2) is 26.0 Å². The number of benzene rings is 2. The number of nitrogens with zero attached hydrogens (tertiary/aromatic N) is 3. The Balaban J connectivity index is 1.62. The van der Waals surface area contributed by atoms with E-state index in [1.165, 1.54) is 16.6 Å². The van der Waals surface area contributed by atoms with Gasteiger partial charge in [0.1, 0.15) is 5.82 Å². The average molecular weight is 439 g/mol. The van der Waals surface area contributed by atoms with Crippen molar-refractivity contribution >= 4 is 17.2 Å². The molecule has 4 aromatic rings. The van der Waals surface area contributed by atoms with Gasteiger partial charge in [0.25, 0.3) is 5.56 Å². The minimum Gasteiger partial charge on any atom is -0.293 e. The van der Waals surface area contributed by atoms with Crippen molar-refractivity contribution in [3.8, 4) is 11.3 Å². The highest BCUT2D eigenvalue weighted by Crippen LogP contribution is 2.22. The summed E-state index contributed by atoms with van der Waals surface area (Å²) in [6.45, 7) is 6.30. The molecule has 160 valence electrons. The van der Waals surface area contributed by atoms with Gasteiger partial charge in [-0.2, -0.15) is 0 Å². The van der Waals surface area contributed by atoms with Crippen molar-refractivity contribution in [2.75, 3.05) is 6.54 Å². The predicted octanol–water partition coefficient (Wildman–Crippen LogP) is 5.14. The van der Waals surface area contributed by atoms with Crippen LogP contribution in [0, 0.1) is 11.7 Å². The lowest BCUT2D eigenvalue weighted by Crippen LogP contribution is -2.28. The molecule has 0 fully saturated rings. The topological polar surface area (TPSA) is 53.4 Å². The first-order valence-electron chi connectivity index (χ1n) is 10.2. The fourth-order valence-electron chi connectivity index (χ4n) is 3.70. The van der Waals surface area contributed by atoms with Crippen molar-refractivity contribution < 1.29 is 4.39 Å². The molecule has 0 radical (unpaired) electrons. The SMILES string of the molecule is CC(C)CN(Cc1ccc(F)cc1)Cc1cc(=O)n2[nH]c(-c3cccc(Cl)c3)cc2n1. The summed E-state index contributed by atoms with van der Waals surface area (Å²) in [5, 5.41) is 3.73. The molecule has 2 aromatic heterocycles. The third kappa shape index (κ3) is 5.21. The number of hydrogen-bond acceptors (Lipinski definition) is 3. The minimum absolute atomic E-state index is 0.167. The van der Waals surface area contributed by atoms with Crippen LogP contribution in [0.2, 0.25) is 5.02 Å². The van der Waals surface area contributed by atoms with Crippen LogP contribution >= 0.6 is 11.6 Å². The molecule has 0 atom stereocenters. The monoisotopic (exact) mass is 438 g/mol. The zero-order chi connectivity index (χ0) is 22.0. The van der Waals surface area contributed by atoms with Crippen molar-refractivity contribution in [2.24, 2.45) is 5.92 Å². The lowest BCUT2D eigenvalue weighted by atomic mass is 10.1. The largest absolute Gasteiger partial charge is 0.293 e. The molecule has 0 bridgehead atoms. The normalized spacial score (nSPS) is 11.7. The van der Waals surface area contributed by atoms with Crippen LogP contribution in [0.5, 0.6) is 0 Å². The Kier molecular flexibility index (Phi) is 6.20. The first-order chi connectivity index (χ1) is 14.9. The Labute approximate surface area is 185 Å². The highest BCUT2D eigenvalue weighted by molar-refractivity contribution is 6.30. The zero-order valence-corrected chi connectivity index (χ0v) is 18.2. The number of H-pyrrole nitrogens is 1. The molecule has 7 heteroatoms. The van der Waals surface area contributed by atoms with E-state index in [1.807, 2.05) is 24.3 Å². The first-order valence-corrected chi connectivity index (χ1v) is 10.6. The van der Waals surface area contributed by atoms with E-state index in [0.29, 0.717) is 35.4 Å². The number of aromatic amines is 1. The number of halogens is 2. The average Bonchev–Trinajstić information content (AvgIpc) is 3.14. The number of hydrogen-bond donors (Lipinski definition) is 1. The van der Waals surface area contributed by atoms with Crippen molar-refractivity contribution in [2.45, 2.75) is 26.9 Å². The van der Waals surface area contributed by atoms with Crippen molar-refractivity contribution in [3.05, 3.63) is 93.1 Å². The van der Waals surface area contributed by atoms with Crippen molar-refractivity contribution in [1.29, 1.82) is 0 Å². The molecule has 0 saturated carbocycles. The Morgan fingerprint density at radius 1 is 1.10 bits per heavy atom. The van der Waals surface area contributed by atoms with Gasteiger partial charge < -0.3 is 0 Å². The summed E-state index contributed by atoms with van der Waals surface area (Å²) < 4.78 is 14.7. The Morgan fingerprint density at radius 3 is 2.58 bits per heavy atom. The van der Waals surface area contributed by atoms with Crippen LogP contribution in [0.15, 0.2) is 65.5 Å². The quantitative estimate of drug-likeness (QED) is 0.434. The molecule has 0 saturated heterocycles. The van der Waals surface area contributed by atoms with E-state index < -0.39 is 0 Å². The molecule has 2 aromatic carbocycles. The van der Waals surface area contributed by atoms with E-state index >= 15 is 0 Å². The number of aromatic nitrogens is 3. The molecular weight excluding hydrogens is 415 g/mol. The third-order valence-corrected chi connectivity index (χ3v) is 5.20. The molecule has 5 nitrogen and oxygen atoms in total. The lowest BCUT2D eigenvalue weighted by molar-refractivity contribution is 0.225. The lowest BCUT2D eigenvalue weighted by Gasteiger charge is -2.24. The van der Waals surface area contributed by atoms with Crippen molar-refractivity contribution in [3.63, 3.8) is 0 Å². The fourth-order valence-corrected chi connectivity index (χ4v) is 3.89. The first kappa shape index (κ1) is 21.3. The molecule has 0 aliphatic carbocycles. The van der Waals surface area contributed by atoms with Gasteiger partial charge in [-0.1, -0.05) is 49.7 Å². The summed E-state index contributed by atoms with van der Waals surface area (Å²) in [7, 11) is 0. The van der Waals surface area contributed by atoms with Gasteiger partial charge in [0.15, 0.2) is 5.65 Å². The maximum Gasteiger partial charge on any atom is 0.272 e. The van der Waals surface area contributed by atoms with Crippen LogP contribution in [0.4, 0.5) is 4.39 Å². The van der Waals surface area contributed by atoms with E-state index in [9.17, 15) is 9.18 Å².